The third-order valence-corrected chi connectivity index (χ3v) is 2.98. The lowest BCUT2D eigenvalue weighted by Crippen LogP contribution is -2.20. The number of fused-ring (bicyclic) bond motifs is 3. The van der Waals surface area contributed by atoms with Gasteiger partial charge in [-0.05, 0) is 36.6 Å². The van der Waals surface area contributed by atoms with Gasteiger partial charge >= 0.3 is 0 Å². The fourth-order valence-corrected chi connectivity index (χ4v) is 2.32. The number of hydrogen-bond acceptors (Lipinski definition) is 2. The average Bonchev–Trinajstić information content (AvgIpc) is 2.65. The van der Waals surface area contributed by atoms with Crippen molar-refractivity contribution in [2.45, 2.75) is 12.5 Å². The Bertz CT molecular complexity index is 357. The van der Waals surface area contributed by atoms with E-state index in [9.17, 15) is 0 Å². The molecule has 1 aliphatic heterocycles. The molecule has 0 aromatic carbocycles. The molecule has 1 fully saturated rings. The number of aromatic nitrogens is 1. The van der Waals surface area contributed by atoms with Gasteiger partial charge in [0, 0.05) is 12.2 Å². The Hall–Kier alpha value is -1.15. The Labute approximate surface area is 77.7 Å². The average molecular weight is 172 g/mol. The third kappa shape index (κ3) is 1.02. The van der Waals surface area contributed by atoms with Crippen LogP contribution in [0, 0.1) is 5.92 Å². The highest BCUT2D eigenvalue weighted by Gasteiger charge is 2.30. The summed E-state index contributed by atoms with van der Waals surface area (Å²) >= 11 is 0. The maximum Gasteiger partial charge on any atom is 0.0674 e. The van der Waals surface area contributed by atoms with Crippen LogP contribution in [0.3, 0.4) is 0 Å². The zero-order valence-corrected chi connectivity index (χ0v) is 7.40. The summed E-state index contributed by atoms with van der Waals surface area (Å²) in [5.41, 5.74) is 2.51. The molecule has 0 bridgehead atoms. The summed E-state index contributed by atoms with van der Waals surface area (Å²) in [4.78, 5) is 4.35. The van der Waals surface area contributed by atoms with Crippen LogP contribution in [0.2, 0.25) is 0 Å². The van der Waals surface area contributed by atoms with E-state index in [1.165, 1.54) is 12.0 Å². The molecule has 13 heavy (non-hydrogen) atoms. The molecule has 66 valence electrons. The van der Waals surface area contributed by atoms with Gasteiger partial charge in [0.05, 0.1) is 5.69 Å². The molecule has 2 heteroatoms. The van der Waals surface area contributed by atoms with Crippen LogP contribution >= 0.6 is 0 Å². The highest BCUT2D eigenvalue weighted by Crippen LogP contribution is 2.35. The van der Waals surface area contributed by atoms with Gasteiger partial charge in [-0.25, -0.2) is 0 Å². The van der Waals surface area contributed by atoms with Crippen molar-refractivity contribution < 1.29 is 0 Å². The molecule has 1 N–H and O–H groups in total. The zero-order valence-electron chi connectivity index (χ0n) is 7.40. The highest BCUT2D eigenvalue weighted by molar-refractivity contribution is 5.54. The van der Waals surface area contributed by atoms with Crippen molar-refractivity contribution in [3.05, 3.63) is 35.7 Å². The van der Waals surface area contributed by atoms with E-state index >= 15 is 0 Å². The van der Waals surface area contributed by atoms with Crippen molar-refractivity contribution in [1.29, 1.82) is 0 Å². The van der Waals surface area contributed by atoms with Crippen LogP contribution < -0.4 is 5.32 Å². The standard InChI is InChI=1S/C11H12N2/c1-2-9-10(12-6-1)4-3-8-5-7-13-11(8)9/h1-4,6,8,11,13H,5,7H2. The van der Waals surface area contributed by atoms with Crippen molar-refractivity contribution >= 4 is 6.08 Å². The van der Waals surface area contributed by atoms with Crippen LogP contribution in [0.1, 0.15) is 23.7 Å². The summed E-state index contributed by atoms with van der Waals surface area (Å²) in [6.07, 6.45) is 7.57. The van der Waals surface area contributed by atoms with Crippen LogP contribution in [0.5, 0.6) is 0 Å². The summed E-state index contributed by atoms with van der Waals surface area (Å²) in [5.74, 6) is 0.691. The minimum Gasteiger partial charge on any atom is -0.309 e. The maximum absolute atomic E-state index is 4.35. The molecule has 0 amide bonds. The molecule has 2 atom stereocenters. The Morgan fingerprint density at radius 1 is 1.46 bits per heavy atom. The second kappa shape index (κ2) is 2.67. The SMILES string of the molecule is C1=CC2CCNC2c2cccnc21. The molecule has 0 saturated carbocycles. The zero-order chi connectivity index (χ0) is 8.67. The van der Waals surface area contributed by atoms with Crippen molar-refractivity contribution in [2.24, 2.45) is 5.92 Å². The number of nitrogens with one attached hydrogen (secondary N) is 1. The summed E-state index contributed by atoms with van der Waals surface area (Å²) in [7, 11) is 0. The second-order valence-electron chi connectivity index (χ2n) is 3.72. The number of nitrogens with zero attached hydrogens (tertiary/aromatic N) is 1. The molecule has 0 spiro atoms. The van der Waals surface area contributed by atoms with Crippen LogP contribution in [0.25, 0.3) is 6.08 Å². The number of rotatable bonds is 0. The first-order valence-electron chi connectivity index (χ1n) is 4.81. The van der Waals surface area contributed by atoms with E-state index in [-0.39, 0.29) is 0 Å². The second-order valence-corrected chi connectivity index (χ2v) is 3.72. The molecule has 2 aliphatic rings. The molecule has 2 unspecified atom stereocenters. The van der Waals surface area contributed by atoms with E-state index < -0.39 is 0 Å². The van der Waals surface area contributed by atoms with E-state index in [1.54, 1.807) is 0 Å². The van der Waals surface area contributed by atoms with Gasteiger partial charge in [-0.1, -0.05) is 12.1 Å². The van der Waals surface area contributed by atoms with Crippen molar-refractivity contribution in [3.8, 4) is 0 Å². The van der Waals surface area contributed by atoms with Crippen LogP contribution in [0.4, 0.5) is 0 Å². The van der Waals surface area contributed by atoms with E-state index in [2.05, 4.69) is 28.5 Å². The van der Waals surface area contributed by atoms with E-state index in [0.717, 1.165) is 12.2 Å². The molecular weight excluding hydrogens is 160 g/mol. The van der Waals surface area contributed by atoms with Gasteiger partial charge in [-0.15, -0.1) is 0 Å². The Morgan fingerprint density at radius 3 is 3.46 bits per heavy atom. The molecule has 0 radical (unpaired) electrons. The van der Waals surface area contributed by atoms with E-state index in [0.29, 0.717) is 12.0 Å². The summed E-state index contributed by atoms with van der Waals surface area (Å²) < 4.78 is 0. The molecule has 1 saturated heterocycles. The predicted octanol–water partition coefficient (Wildman–Crippen LogP) is 1.76. The first-order valence-corrected chi connectivity index (χ1v) is 4.81. The normalized spacial score (nSPS) is 29.8. The molecule has 1 aliphatic carbocycles. The van der Waals surface area contributed by atoms with Crippen molar-refractivity contribution in [1.82, 2.24) is 10.3 Å². The largest absolute Gasteiger partial charge is 0.309 e. The molecule has 2 heterocycles. The predicted molar refractivity (Wildman–Crippen MR) is 52.1 cm³/mol. The van der Waals surface area contributed by atoms with Crippen LogP contribution in [-0.4, -0.2) is 11.5 Å². The van der Waals surface area contributed by atoms with Crippen LogP contribution in [-0.2, 0) is 0 Å². The Balaban J connectivity index is 2.13. The molecule has 3 rings (SSSR count). The first-order chi connectivity index (χ1) is 6.45. The van der Waals surface area contributed by atoms with Gasteiger partial charge in [-0.3, -0.25) is 4.98 Å². The van der Waals surface area contributed by atoms with Gasteiger partial charge in [0.25, 0.3) is 0 Å². The lowest BCUT2D eigenvalue weighted by atomic mass is 9.88. The monoisotopic (exact) mass is 172 g/mol. The summed E-state index contributed by atoms with van der Waals surface area (Å²) in [6, 6.07) is 4.73. The number of hydrogen-bond donors (Lipinski definition) is 1. The van der Waals surface area contributed by atoms with Gasteiger partial charge in [0.1, 0.15) is 0 Å². The Morgan fingerprint density at radius 2 is 2.46 bits per heavy atom. The minimum atomic E-state index is 0.522. The third-order valence-electron chi connectivity index (χ3n) is 2.98. The lowest BCUT2D eigenvalue weighted by molar-refractivity contribution is 0.543. The smallest absolute Gasteiger partial charge is 0.0674 e. The Kier molecular flexibility index (Phi) is 1.49. The number of pyridine rings is 1. The van der Waals surface area contributed by atoms with Crippen molar-refractivity contribution in [3.63, 3.8) is 0 Å². The highest BCUT2D eigenvalue weighted by atomic mass is 15.0. The summed E-state index contributed by atoms with van der Waals surface area (Å²) in [6.45, 7) is 1.13. The molecule has 1 aromatic heterocycles. The summed E-state index contributed by atoms with van der Waals surface area (Å²) in [5, 5.41) is 3.52. The fourth-order valence-electron chi connectivity index (χ4n) is 2.32. The fraction of sp³-hybridized carbons (Fsp3) is 0.364. The minimum absolute atomic E-state index is 0.522. The van der Waals surface area contributed by atoms with E-state index in [4.69, 9.17) is 0 Å². The van der Waals surface area contributed by atoms with Gasteiger partial charge in [0.15, 0.2) is 0 Å². The van der Waals surface area contributed by atoms with E-state index in [1.807, 2.05) is 12.3 Å². The van der Waals surface area contributed by atoms with Gasteiger partial charge < -0.3 is 5.32 Å². The maximum atomic E-state index is 4.35. The van der Waals surface area contributed by atoms with Crippen molar-refractivity contribution in [2.75, 3.05) is 6.54 Å². The topological polar surface area (TPSA) is 24.9 Å². The van der Waals surface area contributed by atoms with Crippen LogP contribution in [0.15, 0.2) is 24.4 Å². The van der Waals surface area contributed by atoms with Gasteiger partial charge in [0.2, 0.25) is 0 Å². The van der Waals surface area contributed by atoms with Gasteiger partial charge in [-0.2, -0.15) is 0 Å². The molecule has 2 nitrogen and oxygen atoms in total. The quantitative estimate of drug-likeness (QED) is 0.645. The molecular formula is C11H12N2. The first kappa shape index (κ1) is 7.27. The molecule has 1 aromatic rings. The lowest BCUT2D eigenvalue weighted by Gasteiger charge is -2.22.